The van der Waals surface area contributed by atoms with E-state index in [1.54, 1.807) is 33.9 Å². The van der Waals surface area contributed by atoms with Crippen LogP contribution < -0.4 is 16.4 Å². The molecule has 2 heterocycles. The van der Waals surface area contributed by atoms with E-state index in [2.05, 4.69) is 16.7 Å². The molecular formula is C28H32N4O7S. The zero-order valence-electron chi connectivity index (χ0n) is 22.8. The van der Waals surface area contributed by atoms with E-state index in [0.717, 1.165) is 16.7 Å². The van der Waals surface area contributed by atoms with E-state index >= 15 is 0 Å². The maximum Gasteiger partial charge on any atom is 0.419 e. The number of ether oxygens (including phenoxy) is 1. The number of hydrogen-bond acceptors (Lipinski definition) is 8. The number of amides is 2. The minimum Gasteiger partial charge on any atom is -0.444 e. The van der Waals surface area contributed by atoms with Crippen molar-refractivity contribution in [1.82, 2.24) is 15.2 Å². The number of alkyl carbamates (subject to hydrolysis) is 1. The largest absolute Gasteiger partial charge is 0.444 e. The van der Waals surface area contributed by atoms with Crippen molar-refractivity contribution < 1.29 is 27.2 Å². The highest BCUT2D eigenvalue weighted by atomic mass is 32.2. The molecule has 2 N–H and O–H groups in total. The van der Waals surface area contributed by atoms with Crippen molar-refractivity contribution in [3.8, 4) is 17.2 Å². The van der Waals surface area contributed by atoms with Crippen LogP contribution in [0.15, 0.2) is 51.7 Å². The SMILES string of the molecule is Cn1c(=O)oc2ccc(-c3ccc(C[C@@H](C#N)NC(=O)CC4(NC(=O)OC(C)(C)C)CCS(=O)(=O)C4)cc3)cc21. The maximum atomic E-state index is 12.9. The fraction of sp³-hybridized carbons (Fsp3) is 0.429. The van der Waals surface area contributed by atoms with Gasteiger partial charge in [-0.05, 0) is 56.0 Å². The predicted octanol–water partition coefficient (Wildman–Crippen LogP) is 2.82. The summed E-state index contributed by atoms with van der Waals surface area (Å²) in [6.07, 6.45) is -0.813. The van der Waals surface area contributed by atoms with Gasteiger partial charge in [0.2, 0.25) is 5.91 Å². The molecule has 0 saturated carbocycles. The van der Waals surface area contributed by atoms with Crippen molar-refractivity contribution in [3.05, 3.63) is 58.6 Å². The van der Waals surface area contributed by atoms with Gasteiger partial charge in [-0.2, -0.15) is 5.26 Å². The smallest absolute Gasteiger partial charge is 0.419 e. The van der Waals surface area contributed by atoms with Gasteiger partial charge >= 0.3 is 11.8 Å². The normalized spacial score (nSPS) is 19.1. The van der Waals surface area contributed by atoms with Crippen LogP contribution in [-0.2, 0) is 32.8 Å². The van der Waals surface area contributed by atoms with Gasteiger partial charge in [0.15, 0.2) is 15.4 Å². The number of nitrogens with zero attached hydrogens (tertiary/aromatic N) is 2. The van der Waals surface area contributed by atoms with Gasteiger partial charge in [0.25, 0.3) is 0 Å². The van der Waals surface area contributed by atoms with E-state index < -0.39 is 44.8 Å². The third kappa shape index (κ3) is 6.90. The first kappa shape index (κ1) is 28.9. The molecular weight excluding hydrogens is 536 g/mol. The fourth-order valence-corrected chi connectivity index (χ4v) is 6.78. The lowest BCUT2D eigenvalue weighted by Gasteiger charge is -2.30. The van der Waals surface area contributed by atoms with E-state index in [9.17, 15) is 28.1 Å². The Bertz CT molecular complexity index is 1640. The molecule has 2 amide bonds. The first-order chi connectivity index (χ1) is 18.7. The minimum atomic E-state index is -3.45. The van der Waals surface area contributed by atoms with E-state index in [0.29, 0.717) is 11.1 Å². The van der Waals surface area contributed by atoms with Crippen molar-refractivity contribution in [1.29, 1.82) is 5.26 Å². The molecule has 0 radical (unpaired) electrons. The number of oxazole rings is 1. The lowest BCUT2D eigenvalue weighted by molar-refractivity contribution is -0.122. The maximum absolute atomic E-state index is 12.9. The highest BCUT2D eigenvalue weighted by Crippen LogP contribution is 2.28. The molecule has 1 aliphatic rings. The summed E-state index contributed by atoms with van der Waals surface area (Å²) < 4.78 is 36.3. The van der Waals surface area contributed by atoms with E-state index in [1.807, 2.05) is 36.4 Å². The monoisotopic (exact) mass is 568 g/mol. The second-order valence-corrected chi connectivity index (χ2v) is 13.4. The van der Waals surface area contributed by atoms with Crippen LogP contribution in [-0.4, -0.2) is 53.7 Å². The van der Waals surface area contributed by atoms with Crippen LogP contribution in [0.1, 0.15) is 39.2 Å². The Balaban J connectivity index is 1.42. The van der Waals surface area contributed by atoms with Crippen molar-refractivity contribution in [2.24, 2.45) is 7.05 Å². The van der Waals surface area contributed by atoms with Gasteiger partial charge in [-0.25, -0.2) is 18.0 Å². The number of nitrogens with one attached hydrogen (secondary N) is 2. The van der Waals surface area contributed by atoms with Gasteiger partial charge in [-0.1, -0.05) is 30.3 Å². The van der Waals surface area contributed by atoms with Gasteiger partial charge in [-0.3, -0.25) is 9.36 Å². The molecule has 11 nitrogen and oxygen atoms in total. The van der Waals surface area contributed by atoms with Gasteiger partial charge in [0, 0.05) is 13.5 Å². The molecule has 40 heavy (non-hydrogen) atoms. The number of aryl methyl sites for hydroxylation is 1. The van der Waals surface area contributed by atoms with Crippen molar-refractivity contribution in [2.75, 3.05) is 11.5 Å². The standard InChI is InChI=1S/C28H32N4O7S/c1-27(2,3)39-25(34)31-28(11-12-40(36,37)17-28)15-24(33)30-21(16-29)13-18-5-7-19(8-6-18)20-9-10-23-22(14-20)32(4)26(35)38-23/h5-10,14,21H,11-13,15,17H2,1-4H3,(H,30,33)(H,31,34)/t21-,28?/m0/s1. The predicted molar refractivity (Wildman–Crippen MR) is 148 cm³/mol. The van der Waals surface area contributed by atoms with Crippen molar-refractivity contribution in [2.45, 2.75) is 57.2 Å². The summed E-state index contributed by atoms with van der Waals surface area (Å²) in [6, 6.07) is 14.1. The Hall–Kier alpha value is -4.11. The Kier molecular flexibility index (Phi) is 7.81. The minimum absolute atomic E-state index is 0.0689. The van der Waals surface area contributed by atoms with Crippen LogP contribution in [0.3, 0.4) is 0 Å². The number of hydrogen-bond donors (Lipinski definition) is 2. The number of rotatable bonds is 7. The average molecular weight is 569 g/mol. The molecule has 1 aromatic heterocycles. The molecule has 1 saturated heterocycles. The zero-order chi connectivity index (χ0) is 29.3. The van der Waals surface area contributed by atoms with Gasteiger partial charge in [0.1, 0.15) is 11.6 Å². The average Bonchev–Trinajstić information content (AvgIpc) is 3.31. The molecule has 1 unspecified atom stereocenters. The summed E-state index contributed by atoms with van der Waals surface area (Å²) in [5.41, 5.74) is 1.65. The van der Waals surface area contributed by atoms with E-state index in [4.69, 9.17) is 9.15 Å². The van der Waals surface area contributed by atoms with Crippen molar-refractivity contribution >= 4 is 32.9 Å². The summed E-state index contributed by atoms with van der Waals surface area (Å²) in [4.78, 5) is 37.1. The van der Waals surface area contributed by atoms with Crippen LogP contribution in [0.25, 0.3) is 22.2 Å². The van der Waals surface area contributed by atoms with E-state index in [1.165, 1.54) is 4.57 Å². The third-order valence-corrected chi connectivity index (χ3v) is 8.48. The highest BCUT2D eigenvalue weighted by molar-refractivity contribution is 7.91. The summed E-state index contributed by atoms with van der Waals surface area (Å²) in [5, 5.41) is 15.0. The summed E-state index contributed by atoms with van der Waals surface area (Å²) >= 11 is 0. The zero-order valence-corrected chi connectivity index (χ0v) is 23.6. The number of carbonyl (C=O) groups is 2. The second-order valence-electron chi connectivity index (χ2n) is 11.2. The van der Waals surface area contributed by atoms with Crippen LogP contribution in [0.2, 0.25) is 0 Å². The number of carbonyl (C=O) groups excluding carboxylic acids is 2. The molecule has 12 heteroatoms. The number of fused-ring (bicyclic) bond motifs is 1. The van der Waals surface area contributed by atoms with Gasteiger partial charge < -0.3 is 19.8 Å². The molecule has 1 aliphatic heterocycles. The summed E-state index contributed by atoms with van der Waals surface area (Å²) in [5.74, 6) is -1.53. The molecule has 4 rings (SSSR count). The fourth-order valence-electron chi connectivity index (χ4n) is 4.78. The second kappa shape index (κ2) is 10.8. The van der Waals surface area contributed by atoms with Gasteiger partial charge in [-0.15, -0.1) is 0 Å². The molecule has 3 aromatic rings. The third-order valence-electron chi connectivity index (χ3n) is 6.66. The molecule has 2 aromatic carbocycles. The lowest BCUT2D eigenvalue weighted by atomic mass is 9.93. The highest BCUT2D eigenvalue weighted by Gasteiger charge is 2.45. The molecule has 1 fully saturated rings. The van der Waals surface area contributed by atoms with Gasteiger partial charge in [0.05, 0.1) is 35.1 Å². The number of nitriles is 1. The van der Waals surface area contributed by atoms with Crippen LogP contribution in [0, 0.1) is 11.3 Å². The Morgan fingerprint density at radius 1 is 1.18 bits per heavy atom. The molecule has 0 aliphatic carbocycles. The number of sulfone groups is 1. The first-order valence-corrected chi connectivity index (χ1v) is 14.6. The Morgan fingerprint density at radius 2 is 1.85 bits per heavy atom. The molecule has 0 spiro atoms. The Labute approximate surface area is 232 Å². The van der Waals surface area contributed by atoms with E-state index in [-0.39, 0.29) is 30.8 Å². The van der Waals surface area contributed by atoms with Crippen molar-refractivity contribution in [3.63, 3.8) is 0 Å². The Morgan fingerprint density at radius 3 is 2.45 bits per heavy atom. The summed E-state index contributed by atoms with van der Waals surface area (Å²) in [7, 11) is -1.81. The molecule has 212 valence electrons. The number of aromatic nitrogens is 1. The molecule has 0 bridgehead atoms. The lowest BCUT2D eigenvalue weighted by Crippen LogP contribution is -2.54. The molecule has 2 atom stereocenters. The topological polar surface area (TPSA) is 160 Å². The number of benzene rings is 2. The quantitative estimate of drug-likeness (QED) is 0.440. The first-order valence-electron chi connectivity index (χ1n) is 12.8. The summed E-state index contributed by atoms with van der Waals surface area (Å²) in [6.45, 7) is 5.05. The van der Waals surface area contributed by atoms with Crippen LogP contribution >= 0.6 is 0 Å². The van der Waals surface area contributed by atoms with Crippen LogP contribution in [0.5, 0.6) is 0 Å². The van der Waals surface area contributed by atoms with Crippen LogP contribution in [0.4, 0.5) is 4.79 Å².